The third-order valence-electron chi connectivity index (χ3n) is 5.74. The van der Waals surface area contributed by atoms with Crippen LogP contribution in [0.5, 0.6) is 0 Å². The van der Waals surface area contributed by atoms with Crippen molar-refractivity contribution in [1.82, 2.24) is 20.4 Å². The predicted molar refractivity (Wildman–Crippen MR) is 137 cm³/mol. The molecule has 8 heteroatoms. The molecule has 30 heavy (non-hydrogen) atoms. The Morgan fingerprint density at radius 1 is 1.17 bits per heavy atom. The Hall–Kier alpha value is -0.870. The van der Waals surface area contributed by atoms with Crippen LogP contribution < -0.4 is 10.6 Å². The van der Waals surface area contributed by atoms with E-state index in [9.17, 15) is 4.79 Å². The number of likely N-dealkylation sites (tertiary alicyclic amines) is 1. The number of aliphatic imine (C=N–C) groups is 1. The van der Waals surface area contributed by atoms with Crippen LogP contribution in [-0.4, -0.2) is 67.5 Å². The van der Waals surface area contributed by atoms with Crippen LogP contribution in [0.3, 0.4) is 0 Å². The Morgan fingerprint density at radius 3 is 2.73 bits per heavy atom. The summed E-state index contributed by atoms with van der Waals surface area (Å²) < 4.78 is 0. The van der Waals surface area contributed by atoms with Gasteiger partial charge in [0.2, 0.25) is 5.91 Å². The Kier molecular flexibility index (Phi) is 12.1. The van der Waals surface area contributed by atoms with Gasteiger partial charge in [-0.15, -0.1) is 35.3 Å². The summed E-state index contributed by atoms with van der Waals surface area (Å²) in [7, 11) is 0. The molecular formula is C22H38IN5OS. The fraction of sp³-hybridized carbons (Fsp3) is 0.727. The summed E-state index contributed by atoms with van der Waals surface area (Å²) in [5.74, 6) is 1.06. The number of nitrogens with one attached hydrogen (secondary N) is 2. The van der Waals surface area contributed by atoms with E-state index in [1.165, 1.54) is 49.2 Å². The van der Waals surface area contributed by atoms with Gasteiger partial charge in [0.25, 0.3) is 0 Å². The van der Waals surface area contributed by atoms with Crippen molar-refractivity contribution in [2.45, 2.75) is 58.4 Å². The van der Waals surface area contributed by atoms with Crippen molar-refractivity contribution in [3.05, 3.63) is 21.9 Å². The summed E-state index contributed by atoms with van der Waals surface area (Å²) in [6.07, 6.45) is 8.04. The molecular weight excluding hydrogens is 509 g/mol. The van der Waals surface area contributed by atoms with Crippen molar-refractivity contribution in [2.24, 2.45) is 4.99 Å². The largest absolute Gasteiger partial charge is 0.357 e. The average molecular weight is 548 g/mol. The molecule has 2 aliphatic rings. The van der Waals surface area contributed by atoms with Gasteiger partial charge in [-0.05, 0) is 69.3 Å². The number of carbonyl (C=O) groups is 1. The van der Waals surface area contributed by atoms with Crippen LogP contribution in [0.25, 0.3) is 0 Å². The molecule has 0 atom stereocenters. The average Bonchev–Trinajstić information content (AvgIpc) is 3.05. The maximum atomic E-state index is 12.6. The molecule has 3 heterocycles. The topological polar surface area (TPSA) is 60.0 Å². The number of hydrogen-bond acceptors (Lipinski definition) is 4. The van der Waals surface area contributed by atoms with Gasteiger partial charge in [-0.3, -0.25) is 9.79 Å². The summed E-state index contributed by atoms with van der Waals surface area (Å²) in [5, 5.41) is 8.76. The van der Waals surface area contributed by atoms with Gasteiger partial charge >= 0.3 is 0 Å². The summed E-state index contributed by atoms with van der Waals surface area (Å²) in [4.78, 5) is 23.3. The molecule has 3 rings (SSSR count). The van der Waals surface area contributed by atoms with Gasteiger partial charge in [0, 0.05) is 44.0 Å². The lowest BCUT2D eigenvalue weighted by molar-refractivity contribution is -0.131. The number of carbonyl (C=O) groups excluding carboxylic acids is 1. The maximum Gasteiger partial charge on any atom is 0.224 e. The molecule has 1 fully saturated rings. The van der Waals surface area contributed by atoms with E-state index in [1.54, 1.807) is 0 Å². The normalized spacial score (nSPS) is 17.6. The van der Waals surface area contributed by atoms with Crippen LogP contribution in [0.15, 0.2) is 16.4 Å². The summed E-state index contributed by atoms with van der Waals surface area (Å²) in [6.45, 7) is 9.60. The Labute approximate surface area is 202 Å². The van der Waals surface area contributed by atoms with Crippen LogP contribution in [0, 0.1) is 0 Å². The number of hydrogen-bond donors (Lipinski definition) is 2. The fourth-order valence-electron chi connectivity index (χ4n) is 4.09. The van der Waals surface area contributed by atoms with Gasteiger partial charge in [0.15, 0.2) is 5.96 Å². The molecule has 170 valence electrons. The summed E-state index contributed by atoms with van der Waals surface area (Å²) in [5.41, 5.74) is 1.32. The lowest BCUT2D eigenvalue weighted by Gasteiger charge is -2.27. The first-order chi connectivity index (χ1) is 14.3. The molecule has 1 amide bonds. The maximum absolute atomic E-state index is 12.6. The number of thiophene rings is 1. The van der Waals surface area contributed by atoms with Gasteiger partial charge in [-0.1, -0.05) is 12.8 Å². The molecule has 0 spiro atoms. The first-order valence-electron chi connectivity index (χ1n) is 11.3. The first-order valence-corrected chi connectivity index (χ1v) is 12.2. The number of halogens is 1. The lowest BCUT2D eigenvalue weighted by atomic mass is 10.1. The third kappa shape index (κ3) is 8.34. The second kappa shape index (κ2) is 14.2. The molecule has 1 saturated heterocycles. The smallest absolute Gasteiger partial charge is 0.224 e. The zero-order valence-electron chi connectivity index (χ0n) is 18.3. The van der Waals surface area contributed by atoms with E-state index in [0.717, 1.165) is 51.5 Å². The van der Waals surface area contributed by atoms with Crippen LogP contribution in [-0.2, 0) is 17.8 Å². The van der Waals surface area contributed by atoms with Crippen LogP contribution in [0.1, 0.15) is 55.9 Å². The number of amides is 1. The van der Waals surface area contributed by atoms with E-state index in [4.69, 9.17) is 4.99 Å². The van der Waals surface area contributed by atoms with Crippen LogP contribution >= 0.6 is 35.3 Å². The Bertz CT molecular complexity index is 658. The zero-order valence-corrected chi connectivity index (χ0v) is 21.5. The minimum atomic E-state index is 0. The highest BCUT2D eigenvalue weighted by molar-refractivity contribution is 14.0. The predicted octanol–water partition coefficient (Wildman–Crippen LogP) is 3.46. The van der Waals surface area contributed by atoms with Crippen molar-refractivity contribution in [3.8, 4) is 0 Å². The molecule has 2 N–H and O–H groups in total. The number of fused-ring (bicyclic) bond motifs is 1. The van der Waals surface area contributed by atoms with Crippen LogP contribution in [0.4, 0.5) is 0 Å². The van der Waals surface area contributed by atoms with Gasteiger partial charge < -0.3 is 20.4 Å². The van der Waals surface area contributed by atoms with Crippen LogP contribution in [0.2, 0.25) is 0 Å². The number of guanidine groups is 1. The van der Waals surface area contributed by atoms with E-state index in [0.29, 0.717) is 13.0 Å². The minimum Gasteiger partial charge on any atom is -0.357 e. The lowest BCUT2D eigenvalue weighted by Crippen LogP contribution is -2.41. The molecule has 2 aliphatic heterocycles. The number of nitrogens with zero attached hydrogens (tertiary/aromatic N) is 3. The fourth-order valence-corrected chi connectivity index (χ4v) is 4.98. The molecule has 0 aromatic carbocycles. The SMILES string of the molecule is CCNC(=NCCCN1CCCCCC1)NCCC(=O)N1CCc2sccc2C1.I. The van der Waals surface area contributed by atoms with Gasteiger partial charge in [0.1, 0.15) is 0 Å². The molecule has 0 bridgehead atoms. The third-order valence-corrected chi connectivity index (χ3v) is 6.76. The second-order valence-electron chi connectivity index (χ2n) is 7.98. The highest BCUT2D eigenvalue weighted by Crippen LogP contribution is 2.24. The van der Waals surface area contributed by atoms with E-state index in [1.807, 2.05) is 16.2 Å². The van der Waals surface area contributed by atoms with E-state index in [-0.39, 0.29) is 29.9 Å². The molecule has 0 unspecified atom stereocenters. The van der Waals surface area contributed by atoms with Gasteiger partial charge in [-0.25, -0.2) is 0 Å². The quantitative estimate of drug-likeness (QED) is 0.227. The molecule has 0 saturated carbocycles. The van der Waals surface area contributed by atoms with Crippen molar-refractivity contribution in [2.75, 3.05) is 45.8 Å². The van der Waals surface area contributed by atoms with E-state index in [2.05, 4.69) is 33.9 Å². The van der Waals surface area contributed by atoms with Crippen molar-refractivity contribution in [3.63, 3.8) is 0 Å². The van der Waals surface area contributed by atoms with Gasteiger partial charge in [0.05, 0.1) is 0 Å². The first kappa shape index (κ1) is 25.4. The van der Waals surface area contributed by atoms with E-state index >= 15 is 0 Å². The summed E-state index contributed by atoms with van der Waals surface area (Å²) in [6, 6.07) is 2.15. The summed E-state index contributed by atoms with van der Waals surface area (Å²) >= 11 is 1.81. The second-order valence-corrected chi connectivity index (χ2v) is 8.98. The monoisotopic (exact) mass is 547 g/mol. The highest BCUT2D eigenvalue weighted by atomic mass is 127. The molecule has 1 aromatic heterocycles. The molecule has 1 aromatic rings. The molecule has 0 radical (unpaired) electrons. The van der Waals surface area contributed by atoms with Crippen molar-refractivity contribution < 1.29 is 4.79 Å². The Balaban J connectivity index is 0.00000320. The highest BCUT2D eigenvalue weighted by Gasteiger charge is 2.21. The van der Waals surface area contributed by atoms with Crippen molar-refractivity contribution in [1.29, 1.82) is 0 Å². The van der Waals surface area contributed by atoms with E-state index < -0.39 is 0 Å². The molecule has 0 aliphatic carbocycles. The van der Waals surface area contributed by atoms with Crippen molar-refractivity contribution >= 4 is 47.2 Å². The number of rotatable bonds is 8. The minimum absolute atomic E-state index is 0. The molecule has 6 nitrogen and oxygen atoms in total. The Morgan fingerprint density at radius 2 is 1.97 bits per heavy atom. The van der Waals surface area contributed by atoms with Gasteiger partial charge in [-0.2, -0.15) is 0 Å². The zero-order chi connectivity index (χ0) is 20.3. The standard InChI is InChI=1S/C22H37N5OS.HI/c1-2-23-22(24-11-7-15-26-13-5-3-4-6-14-26)25-12-8-21(28)27-16-9-20-19(18-27)10-17-29-20;/h10,17H,2-9,11-16,18H2,1H3,(H2,23,24,25);1H.